The van der Waals surface area contributed by atoms with E-state index in [0.29, 0.717) is 5.82 Å². The van der Waals surface area contributed by atoms with Crippen LogP contribution in [0.3, 0.4) is 0 Å². The van der Waals surface area contributed by atoms with Gasteiger partial charge in [0.1, 0.15) is 12.7 Å². The Balaban J connectivity index is 1.03. The number of carbonyl (C=O) groups excluding carboxylic acids is 1. The minimum Gasteiger partial charge on any atom is -0.355 e. The molecule has 1 saturated heterocycles. The lowest BCUT2D eigenvalue weighted by atomic mass is 9.95. The van der Waals surface area contributed by atoms with Gasteiger partial charge in [0, 0.05) is 48.8 Å². The van der Waals surface area contributed by atoms with Crippen molar-refractivity contribution in [3.63, 3.8) is 0 Å². The molecule has 6 rings (SSSR count). The number of nitrogens with zero attached hydrogens (tertiary/aromatic N) is 8. The molecule has 5 heterocycles. The van der Waals surface area contributed by atoms with Crippen LogP contribution >= 0.6 is 11.8 Å². The first kappa shape index (κ1) is 20.8. The summed E-state index contributed by atoms with van der Waals surface area (Å²) in [4.78, 5) is 23.6. The van der Waals surface area contributed by atoms with Crippen LogP contribution in [-0.2, 0) is 11.3 Å². The minimum atomic E-state index is -0.0218. The normalized spacial score (nSPS) is 15.9. The maximum absolute atomic E-state index is 12.8. The van der Waals surface area contributed by atoms with E-state index in [1.54, 1.807) is 22.8 Å². The summed E-state index contributed by atoms with van der Waals surface area (Å²) < 4.78 is 3.76. The van der Waals surface area contributed by atoms with Gasteiger partial charge in [-0.15, -0.1) is 10.2 Å². The van der Waals surface area contributed by atoms with Crippen LogP contribution in [0.4, 0.5) is 11.5 Å². The fraction of sp³-hybridized carbons (Fsp3) is 0.304. The Kier molecular flexibility index (Phi) is 5.46. The van der Waals surface area contributed by atoms with Crippen molar-refractivity contribution in [3.8, 4) is 17.1 Å². The van der Waals surface area contributed by atoms with Crippen molar-refractivity contribution in [2.24, 2.45) is 5.92 Å². The number of benzene rings is 1. The van der Waals surface area contributed by atoms with E-state index in [1.165, 1.54) is 6.33 Å². The Labute approximate surface area is 200 Å². The molecule has 3 aromatic heterocycles. The van der Waals surface area contributed by atoms with Gasteiger partial charge in [0.05, 0.1) is 5.69 Å². The van der Waals surface area contributed by atoms with Crippen LogP contribution in [0.5, 0.6) is 0 Å². The van der Waals surface area contributed by atoms with Crippen molar-refractivity contribution in [3.05, 3.63) is 55.2 Å². The third-order valence-electron chi connectivity index (χ3n) is 6.23. The van der Waals surface area contributed by atoms with Gasteiger partial charge in [-0.05, 0) is 37.1 Å². The molecule has 1 N–H and O–H groups in total. The maximum Gasteiger partial charge on any atom is 0.227 e. The zero-order valence-corrected chi connectivity index (χ0v) is 19.2. The molecule has 4 aromatic rings. The molecule has 11 heteroatoms. The van der Waals surface area contributed by atoms with Crippen molar-refractivity contribution < 1.29 is 4.79 Å². The molecule has 1 fully saturated rings. The maximum atomic E-state index is 12.8. The van der Waals surface area contributed by atoms with Crippen LogP contribution in [0.2, 0.25) is 0 Å². The second-order valence-corrected chi connectivity index (χ2v) is 9.43. The molecule has 0 radical (unpaired) electrons. The molecule has 10 nitrogen and oxygen atoms in total. The first-order valence-electron chi connectivity index (χ1n) is 11.3. The van der Waals surface area contributed by atoms with Gasteiger partial charge in [-0.2, -0.15) is 5.10 Å². The van der Waals surface area contributed by atoms with Crippen LogP contribution in [-0.4, -0.2) is 59.3 Å². The van der Waals surface area contributed by atoms with Crippen LogP contribution in [0.25, 0.3) is 17.1 Å². The summed E-state index contributed by atoms with van der Waals surface area (Å²) in [5.74, 6) is 2.57. The largest absolute Gasteiger partial charge is 0.355 e. The zero-order valence-electron chi connectivity index (χ0n) is 18.4. The molecule has 0 unspecified atom stereocenters. The van der Waals surface area contributed by atoms with Gasteiger partial charge in [0.25, 0.3) is 0 Å². The predicted molar refractivity (Wildman–Crippen MR) is 129 cm³/mol. The number of aryl methyl sites for hydroxylation is 1. The van der Waals surface area contributed by atoms with E-state index in [2.05, 4.69) is 41.3 Å². The molecule has 1 aromatic carbocycles. The number of imidazole rings is 1. The first-order valence-corrected chi connectivity index (χ1v) is 12.3. The Morgan fingerprint density at radius 1 is 1.00 bits per heavy atom. The number of amides is 1. The molecule has 0 spiro atoms. The van der Waals surface area contributed by atoms with Crippen molar-refractivity contribution in [1.82, 2.24) is 34.5 Å². The smallest absolute Gasteiger partial charge is 0.227 e. The molecule has 1 amide bonds. The molecule has 0 atom stereocenters. The summed E-state index contributed by atoms with van der Waals surface area (Å²) in [5, 5.41) is 16.8. The van der Waals surface area contributed by atoms with E-state index >= 15 is 0 Å². The fourth-order valence-corrected chi connectivity index (χ4v) is 5.27. The zero-order chi connectivity index (χ0) is 22.9. The van der Waals surface area contributed by atoms with Gasteiger partial charge < -0.3 is 14.8 Å². The summed E-state index contributed by atoms with van der Waals surface area (Å²) in [6, 6.07) is 11.7. The molecule has 2 aliphatic rings. The predicted octanol–water partition coefficient (Wildman–Crippen LogP) is 2.88. The molecule has 0 bridgehead atoms. The quantitative estimate of drug-likeness (QED) is 0.472. The number of aromatic nitrogens is 7. The van der Waals surface area contributed by atoms with Gasteiger partial charge in [-0.25, -0.2) is 14.6 Å². The number of rotatable bonds is 5. The lowest BCUT2D eigenvalue weighted by molar-refractivity contribution is -0.120. The van der Waals surface area contributed by atoms with E-state index in [1.807, 2.05) is 36.4 Å². The summed E-state index contributed by atoms with van der Waals surface area (Å²) in [5.41, 5.74) is 2.85. The van der Waals surface area contributed by atoms with Crippen LogP contribution in [0.15, 0.2) is 60.4 Å². The SMILES string of the molecule is O=C(Nc1ccc(-c2cn3c(n2)SCC3)cc1)C1CCN(c2ccc(-n3cncn3)nn2)CC1. The minimum absolute atomic E-state index is 0.0218. The second kappa shape index (κ2) is 8.90. The van der Waals surface area contributed by atoms with Gasteiger partial charge >= 0.3 is 0 Å². The highest BCUT2D eigenvalue weighted by Gasteiger charge is 2.26. The van der Waals surface area contributed by atoms with Gasteiger partial charge in [-0.3, -0.25) is 4.79 Å². The Hall–Kier alpha value is -3.73. The van der Waals surface area contributed by atoms with Gasteiger partial charge in [-0.1, -0.05) is 23.9 Å². The average molecular weight is 474 g/mol. The van der Waals surface area contributed by atoms with E-state index < -0.39 is 0 Å². The Morgan fingerprint density at radius 3 is 2.50 bits per heavy atom. The first-order chi connectivity index (χ1) is 16.7. The molecule has 34 heavy (non-hydrogen) atoms. The van der Waals surface area contributed by atoms with E-state index in [4.69, 9.17) is 4.98 Å². The summed E-state index contributed by atoms with van der Waals surface area (Å²) in [6.45, 7) is 2.54. The topological polar surface area (TPSA) is 107 Å². The van der Waals surface area contributed by atoms with Gasteiger partial charge in [0.2, 0.25) is 5.91 Å². The summed E-state index contributed by atoms with van der Waals surface area (Å²) in [6.07, 6.45) is 6.69. The van der Waals surface area contributed by atoms with E-state index in [-0.39, 0.29) is 11.8 Å². The highest BCUT2D eigenvalue weighted by molar-refractivity contribution is 7.99. The van der Waals surface area contributed by atoms with Crippen molar-refractivity contribution in [2.45, 2.75) is 24.5 Å². The molecule has 2 aliphatic heterocycles. The number of nitrogens with one attached hydrogen (secondary N) is 1. The fourth-order valence-electron chi connectivity index (χ4n) is 4.32. The van der Waals surface area contributed by atoms with Crippen molar-refractivity contribution in [1.29, 1.82) is 0 Å². The molecule has 172 valence electrons. The number of hydrogen-bond acceptors (Lipinski definition) is 8. The van der Waals surface area contributed by atoms with Crippen LogP contribution in [0, 0.1) is 5.92 Å². The monoisotopic (exact) mass is 473 g/mol. The lowest BCUT2D eigenvalue weighted by Crippen LogP contribution is -2.38. The number of thioether (sulfide) groups is 1. The number of piperidine rings is 1. The van der Waals surface area contributed by atoms with E-state index in [9.17, 15) is 4.79 Å². The number of fused-ring (bicyclic) bond motifs is 1. The number of carbonyl (C=O) groups is 1. The van der Waals surface area contributed by atoms with Crippen molar-refractivity contribution >= 4 is 29.2 Å². The third kappa shape index (κ3) is 4.14. The van der Waals surface area contributed by atoms with Crippen molar-refractivity contribution in [2.75, 3.05) is 29.1 Å². The molecular weight excluding hydrogens is 450 g/mol. The number of hydrogen-bond donors (Lipinski definition) is 1. The molecule has 0 saturated carbocycles. The molecule has 0 aliphatic carbocycles. The number of anilines is 2. The Bertz CT molecular complexity index is 1260. The standard InChI is InChI=1S/C23H23N9OS/c33-22(26-18-3-1-16(2-4-18)19-13-31-11-12-34-23(31)27-19)17-7-9-30(10-8-17)20-5-6-21(29-28-20)32-15-24-14-25-32/h1-6,13-15,17H,7-12H2,(H,26,33). The summed E-state index contributed by atoms with van der Waals surface area (Å²) in [7, 11) is 0. The highest BCUT2D eigenvalue weighted by Crippen LogP contribution is 2.30. The van der Waals surface area contributed by atoms with Gasteiger partial charge in [0.15, 0.2) is 16.8 Å². The third-order valence-corrected chi connectivity index (χ3v) is 7.20. The van der Waals surface area contributed by atoms with Crippen LogP contribution in [0.1, 0.15) is 12.8 Å². The molecular formula is C23H23N9OS. The summed E-state index contributed by atoms with van der Waals surface area (Å²) >= 11 is 1.79. The highest BCUT2D eigenvalue weighted by atomic mass is 32.2. The second-order valence-electron chi connectivity index (χ2n) is 8.37. The van der Waals surface area contributed by atoms with Crippen LogP contribution < -0.4 is 10.2 Å². The Morgan fingerprint density at radius 2 is 1.79 bits per heavy atom. The average Bonchev–Trinajstić information content (AvgIpc) is 3.63. The lowest BCUT2D eigenvalue weighted by Gasteiger charge is -2.31. The van der Waals surface area contributed by atoms with E-state index in [0.717, 1.165) is 66.1 Å².